The van der Waals surface area contributed by atoms with Gasteiger partial charge < -0.3 is 0 Å². The van der Waals surface area contributed by atoms with E-state index in [-0.39, 0.29) is 5.79 Å². The molecule has 0 bridgehead atoms. The number of rotatable bonds is 11. The minimum atomic E-state index is 0.102. The molecule has 3 nitrogen and oxygen atoms in total. The molecule has 0 unspecified atom stereocenters. The molecule has 0 aliphatic carbocycles. The summed E-state index contributed by atoms with van der Waals surface area (Å²) in [7, 11) is 0. The topological polar surface area (TPSA) is 9.72 Å². The molecule has 0 fully saturated rings. The molecule has 0 aromatic heterocycles. The summed E-state index contributed by atoms with van der Waals surface area (Å²) in [6, 6.07) is 0. The van der Waals surface area contributed by atoms with Crippen molar-refractivity contribution in [2.75, 3.05) is 39.3 Å². The fourth-order valence-corrected chi connectivity index (χ4v) is 3.60. The fourth-order valence-electron chi connectivity index (χ4n) is 3.60. The lowest BCUT2D eigenvalue weighted by Crippen LogP contribution is -2.69. The van der Waals surface area contributed by atoms with Crippen molar-refractivity contribution in [1.29, 1.82) is 0 Å². The van der Waals surface area contributed by atoms with Crippen molar-refractivity contribution >= 4 is 0 Å². The van der Waals surface area contributed by atoms with E-state index in [0.29, 0.717) is 0 Å². The van der Waals surface area contributed by atoms with Gasteiger partial charge in [-0.05, 0) is 45.7 Å². The smallest absolute Gasteiger partial charge is 0.131 e. The van der Waals surface area contributed by atoms with Crippen LogP contribution >= 0.6 is 0 Å². The van der Waals surface area contributed by atoms with Crippen molar-refractivity contribution in [3.63, 3.8) is 0 Å². The zero-order chi connectivity index (χ0) is 14.9. The number of hydrogen-bond acceptors (Lipinski definition) is 3. The third kappa shape index (κ3) is 3.93. The molecule has 0 heterocycles. The van der Waals surface area contributed by atoms with E-state index in [0.717, 1.165) is 39.3 Å². The van der Waals surface area contributed by atoms with Crippen molar-refractivity contribution in [2.24, 2.45) is 0 Å². The van der Waals surface area contributed by atoms with Crippen LogP contribution in [0.5, 0.6) is 0 Å². The Morgan fingerprint density at radius 3 is 0.947 bits per heavy atom. The summed E-state index contributed by atoms with van der Waals surface area (Å²) in [5.74, 6) is 0.102. The summed E-state index contributed by atoms with van der Waals surface area (Å²) >= 11 is 0. The quantitative estimate of drug-likeness (QED) is 0.533. The molecule has 0 aliphatic heterocycles. The number of hydrogen-bond donors (Lipinski definition) is 0. The van der Waals surface area contributed by atoms with Gasteiger partial charge in [-0.25, -0.2) is 0 Å². The highest BCUT2D eigenvalue weighted by Gasteiger charge is 2.42. The third-order valence-electron chi connectivity index (χ3n) is 4.40. The lowest BCUT2D eigenvalue weighted by Gasteiger charge is -2.56. The van der Waals surface area contributed by atoms with Gasteiger partial charge in [0, 0.05) is 0 Å². The van der Waals surface area contributed by atoms with Crippen molar-refractivity contribution in [1.82, 2.24) is 14.7 Å². The summed E-state index contributed by atoms with van der Waals surface area (Å²) in [5.41, 5.74) is 0. The van der Waals surface area contributed by atoms with E-state index in [2.05, 4.69) is 63.2 Å². The van der Waals surface area contributed by atoms with Crippen LogP contribution in [0, 0.1) is 0 Å². The van der Waals surface area contributed by atoms with Gasteiger partial charge in [0.15, 0.2) is 0 Å². The molecule has 3 heteroatoms. The van der Waals surface area contributed by atoms with Crippen LogP contribution in [0.15, 0.2) is 0 Å². The zero-order valence-corrected chi connectivity index (χ0v) is 14.5. The Morgan fingerprint density at radius 1 is 0.526 bits per heavy atom. The van der Waals surface area contributed by atoms with Crippen LogP contribution in [-0.2, 0) is 0 Å². The van der Waals surface area contributed by atoms with Gasteiger partial charge in [-0.1, -0.05) is 54.9 Å². The first kappa shape index (κ1) is 18.9. The molecular formula is C16H37N3. The fraction of sp³-hybridized carbons (Fsp3) is 1.00. The molecule has 0 aliphatic rings. The zero-order valence-electron chi connectivity index (χ0n) is 14.5. The summed E-state index contributed by atoms with van der Waals surface area (Å²) in [6.07, 6.45) is 2.45. The maximum absolute atomic E-state index is 2.65. The second kappa shape index (κ2) is 9.73. The first-order valence-corrected chi connectivity index (χ1v) is 8.37. The molecule has 0 rings (SSSR count). The van der Waals surface area contributed by atoms with Crippen LogP contribution < -0.4 is 0 Å². The van der Waals surface area contributed by atoms with Crippen LogP contribution in [0.3, 0.4) is 0 Å². The molecule has 0 aromatic rings. The van der Waals surface area contributed by atoms with Gasteiger partial charge in [-0.3, -0.25) is 14.7 Å². The van der Waals surface area contributed by atoms with Gasteiger partial charge in [-0.2, -0.15) is 0 Å². The van der Waals surface area contributed by atoms with Crippen molar-refractivity contribution < 1.29 is 0 Å². The summed E-state index contributed by atoms with van der Waals surface area (Å²) in [5, 5.41) is 0. The molecule has 0 amide bonds. The van der Waals surface area contributed by atoms with E-state index in [1.165, 1.54) is 12.8 Å². The second-order valence-corrected chi connectivity index (χ2v) is 5.04. The van der Waals surface area contributed by atoms with Gasteiger partial charge in [0.25, 0.3) is 0 Å². The molecule has 0 spiro atoms. The van der Waals surface area contributed by atoms with Crippen LogP contribution in [0.2, 0.25) is 0 Å². The monoisotopic (exact) mass is 271 g/mol. The Hall–Kier alpha value is -0.120. The standard InChI is InChI=1S/C16H37N3/c1-8-15-16(17(9-2)10-3,18(11-4)12-5)19(13-6)14-7/h8-15H2,1-7H3. The molecule has 0 saturated carbocycles. The first-order valence-electron chi connectivity index (χ1n) is 8.37. The summed E-state index contributed by atoms with van der Waals surface area (Å²) in [6.45, 7) is 22.8. The molecule has 0 aromatic carbocycles. The second-order valence-electron chi connectivity index (χ2n) is 5.04. The van der Waals surface area contributed by atoms with Crippen LogP contribution in [-0.4, -0.2) is 59.8 Å². The van der Waals surface area contributed by atoms with E-state index < -0.39 is 0 Å². The van der Waals surface area contributed by atoms with Gasteiger partial charge in [-0.15, -0.1) is 0 Å². The third-order valence-corrected chi connectivity index (χ3v) is 4.40. The average molecular weight is 271 g/mol. The van der Waals surface area contributed by atoms with Crippen molar-refractivity contribution in [3.05, 3.63) is 0 Å². The Kier molecular flexibility index (Phi) is 9.67. The Bertz CT molecular complexity index is 175. The minimum absolute atomic E-state index is 0.102. The molecule has 0 atom stereocenters. The largest absolute Gasteiger partial charge is 0.273 e. The van der Waals surface area contributed by atoms with Crippen molar-refractivity contribution in [2.45, 2.75) is 67.1 Å². The molecule has 116 valence electrons. The van der Waals surface area contributed by atoms with E-state index >= 15 is 0 Å². The molecule has 0 radical (unpaired) electrons. The van der Waals surface area contributed by atoms with E-state index in [1.54, 1.807) is 0 Å². The SMILES string of the molecule is CCCC(N(CC)CC)(N(CC)CC)N(CC)CC. The van der Waals surface area contributed by atoms with Crippen LogP contribution in [0.25, 0.3) is 0 Å². The Labute approximate surface area is 121 Å². The van der Waals surface area contributed by atoms with E-state index in [9.17, 15) is 0 Å². The van der Waals surface area contributed by atoms with Crippen LogP contribution in [0.1, 0.15) is 61.3 Å². The molecule has 19 heavy (non-hydrogen) atoms. The lowest BCUT2D eigenvalue weighted by atomic mass is 10.1. The maximum atomic E-state index is 2.65. The predicted molar refractivity (Wildman–Crippen MR) is 86.4 cm³/mol. The van der Waals surface area contributed by atoms with E-state index in [1.807, 2.05) is 0 Å². The van der Waals surface area contributed by atoms with Gasteiger partial charge in [0.2, 0.25) is 0 Å². The Balaban J connectivity index is 5.68. The Morgan fingerprint density at radius 2 is 0.789 bits per heavy atom. The molecule has 0 saturated heterocycles. The highest BCUT2D eigenvalue weighted by molar-refractivity contribution is 4.89. The normalized spacial score (nSPS) is 12.9. The molecule has 0 N–H and O–H groups in total. The summed E-state index contributed by atoms with van der Waals surface area (Å²) in [4.78, 5) is 7.95. The number of nitrogens with zero attached hydrogens (tertiary/aromatic N) is 3. The lowest BCUT2D eigenvalue weighted by molar-refractivity contribution is -0.168. The van der Waals surface area contributed by atoms with Gasteiger partial charge >= 0.3 is 0 Å². The van der Waals surface area contributed by atoms with E-state index in [4.69, 9.17) is 0 Å². The first-order chi connectivity index (χ1) is 9.12. The maximum Gasteiger partial charge on any atom is 0.131 e. The van der Waals surface area contributed by atoms with Crippen molar-refractivity contribution in [3.8, 4) is 0 Å². The van der Waals surface area contributed by atoms with Gasteiger partial charge in [0.1, 0.15) is 5.79 Å². The van der Waals surface area contributed by atoms with Crippen LogP contribution in [0.4, 0.5) is 0 Å². The van der Waals surface area contributed by atoms with Gasteiger partial charge in [0.05, 0.1) is 0 Å². The predicted octanol–water partition coefficient (Wildman–Crippen LogP) is 3.47. The highest BCUT2D eigenvalue weighted by atomic mass is 15.6. The highest BCUT2D eigenvalue weighted by Crippen LogP contribution is 2.30. The summed E-state index contributed by atoms with van der Waals surface area (Å²) < 4.78 is 0. The average Bonchev–Trinajstić information content (AvgIpc) is 2.42. The molecular weight excluding hydrogens is 234 g/mol. The minimum Gasteiger partial charge on any atom is -0.273 e.